The standard InChI is InChI=1S/C11H13N5/c1-11(8-12,9-6-13-16(3)7-9)10-4-5-15(2)14-10/h4-7H,1-3H3. The van der Waals surface area contributed by atoms with Crippen molar-refractivity contribution in [2.45, 2.75) is 12.3 Å². The Morgan fingerprint density at radius 1 is 1.38 bits per heavy atom. The lowest BCUT2D eigenvalue weighted by Gasteiger charge is -2.16. The highest BCUT2D eigenvalue weighted by molar-refractivity contribution is 5.39. The Morgan fingerprint density at radius 2 is 2.12 bits per heavy atom. The molecule has 1 atom stereocenters. The van der Waals surface area contributed by atoms with Gasteiger partial charge in [0.15, 0.2) is 0 Å². The van der Waals surface area contributed by atoms with E-state index in [1.165, 1.54) is 0 Å². The van der Waals surface area contributed by atoms with Gasteiger partial charge < -0.3 is 0 Å². The average Bonchev–Trinajstić information content (AvgIpc) is 2.86. The molecule has 82 valence electrons. The molecule has 0 N–H and O–H groups in total. The van der Waals surface area contributed by atoms with Crippen LogP contribution < -0.4 is 0 Å². The Labute approximate surface area is 93.9 Å². The normalized spacial score (nSPS) is 14.4. The van der Waals surface area contributed by atoms with Crippen molar-refractivity contribution in [1.82, 2.24) is 19.6 Å². The summed E-state index contributed by atoms with van der Waals surface area (Å²) in [5.41, 5.74) is 0.858. The van der Waals surface area contributed by atoms with Gasteiger partial charge in [-0.25, -0.2) is 0 Å². The van der Waals surface area contributed by atoms with E-state index in [9.17, 15) is 5.26 Å². The first kappa shape index (κ1) is 10.4. The summed E-state index contributed by atoms with van der Waals surface area (Å²) in [5.74, 6) is 0. The summed E-state index contributed by atoms with van der Waals surface area (Å²) in [6, 6.07) is 4.17. The van der Waals surface area contributed by atoms with Gasteiger partial charge in [0.1, 0.15) is 5.41 Å². The Balaban J connectivity index is 2.52. The molecule has 0 aliphatic rings. The molecule has 0 spiro atoms. The molecule has 16 heavy (non-hydrogen) atoms. The molecule has 2 rings (SSSR count). The van der Waals surface area contributed by atoms with Gasteiger partial charge in [-0.05, 0) is 13.0 Å². The molecule has 0 saturated carbocycles. The molecule has 0 aromatic carbocycles. The van der Waals surface area contributed by atoms with E-state index in [0.717, 1.165) is 11.3 Å². The van der Waals surface area contributed by atoms with E-state index in [1.807, 2.05) is 39.5 Å². The predicted octanol–water partition coefficient (Wildman–Crippen LogP) is 0.983. The number of aryl methyl sites for hydroxylation is 2. The number of hydrogen-bond acceptors (Lipinski definition) is 3. The lowest BCUT2D eigenvalue weighted by molar-refractivity contribution is 0.660. The van der Waals surface area contributed by atoms with E-state index in [1.54, 1.807) is 15.6 Å². The van der Waals surface area contributed by atoms with E-state index in [0.29, 0.717) is 0 Å². The number of nitrogens with zero attached hydrogens (tertiary/aromatic N) is 5. The van der Waals surface area contributed by atoms with Gasteiger partial charge in [-0.2, -0.15) is 15.5 Å². The zero-order valence-corrected chi connectivity index (χ0v) is 9.55. The van der Waals surface area contributed by atoms with Crippen molar-refractivity contribution in [1.29, 1.82) is 5.26 Å². The summed E-state index contributed by atoms with van der Waals surface area (Å²) >= 11 is 0. The summed E-state index contributed by atoms with van der Waals surface area (Å²) in [6.07, 6.45) is 5.39. The van der Waals surface area contributed by atoms with Crippen molar-refractivity contribution in [3.8, 4) is 6.07 Å². The maximum atomic E-state index is 9.37. The molecular weight excluding hydrogens is 202 g/mol. The van der Waals surface area contributed by atoms with Crippen molar-refractivity contribution in [3.63, 3.8) is 0 Å². The predicted molar refractivity (Wildman–Crippen MR) is 58.5 cm³/mol. The quantitative estimate of drug-likeness (QED) is 0.750. The van der Waals surface area contributed by atoms with Crippen LogP contribution in [0.3, 0.4) is 0 Å². The second kappa shape index (κ2) is 3.49. The fraction of sp³-hybridized carbons (Fsp3) is 0.364. The van der Waals surface area contributed by atoms with Gasteiger partial charge in [0.2, 0.25) is 0 Å². The van der Waals surface area contributed by atoms with Crippen LogP contribution in [-0.4, -0.2) is 19.6 Å². The first-order valence-corrected chi connectivity index (χ1v) is 4.97. The maximum absolute atomic E-state index is 9.37. The maximum Gasteiger partial charge on any atom is 0.126 e. The number of rotatable bonds is 2. The van der Waals surface area contributed by atoms with Crippen LogP contribution >= 0.6 is 0 Å². The van der Waals surface area contributed by atoms with Gasteiger partial charge in [-0.15, -0.1) is 0 Å². The van der Waals surface area contributed by atoms with Crippen LogP contribution in [0.5, 0.6) is 0 Å². The highest BCUT2D eigenvalue weighted by atomic mass is 15.3. The van der Waals surface area contributed by atoms with Gasteiger partial charge in [0.25, 0.3) is 0 Å². The molecule has 1 unspecified atom stereocenters. The minimum absolute atomic E-state index is 0.741. The third-order valence-electron chi connectivity index (χ3n) is 2.73. The van der Waals surface area contributed by atoms with E-state index in [4.69, 9.17) is 0 Å². The second-order valence-electron chi connectivity index (χ2n) is 4.01. The van der Waals surface area contributed by atoms with E-state index >= 15 is 0 Å². The molecule has 5 nitrogen and oxygen atoms in total. The Bertz CT molecular complexity index is 502. The van der Waals surface area contributed by atoms with Crippen LogP contribution in [0.2, 0.25) is 0 Å². The first-order valence-electron chi connectivity index (χ1n) is 4.97. The molecule has 0 saturated heterocycles. The Morgan fingerprint density at radius 3 is 2.56 bits per heavy atom. The lowest BCUT2D eigenvalue weighted by atomic mass is 9.83. The van der Waals surface area contributed by atoms with Crippen LogP contribution in [0.4, 0.5) is 0 Å². The van der Waals surface area contributed by atoms with E-state index in [-0.39, 0.29) is 0 Å². The summed E-state index contributed by atoms with van der Waals surface area (Å²) < 4.78 is 3.38. The minimum atomic E-state index is -0.741. The van der Waals surface area contributed by atoms with E-state index < -0.39 is 5.41 Å². The van der Waals surface area contributed by atoms with Gasteiger partial charge >= 0.3 is 0 Å². The molecule has 0 radical (unpaired) electrons. The van der Waals surface area contributed by atoms with Crippen molar-refractivity contribution in [3.05, 3.63) is 35.9 Å². The first-order chi connectivity index (χ1) is 7.56. The highest BCUT2D eigenvalue weighted by Gasteiger charge is 2.32. The second-order valence-corrected chi connectivity index (χ2v) is 4.01. The molecule has 2 aromatic rings. The van der Waals surface area contributed by atoms with Crippen molar-refractivity contribution < 1.29 is 0 Å². The van der Waals surface area contributed by atoms with Crippen molar-refractivity contribution in [2.75, 3.05) is 0 Å². The van der Waals surface area contributed by atoms with Crippen LogP contribution in [0.25, 0.3) is 0 Å². The van der Waals surface area contributed by atoms with Crippen molar-refractivity contribution >= 4 is 0 Å². The molecular formula is C11H13N5. The topological polar surface area (TPSA) is 59.4 Å². The lowest BCUT2D eigenvalue weighted by Crippen LogP contribution is -2.21. The fourth-order valence-electron chi connectivity index (χ4n) is 1.63. The Hall–Kier alpha value is -2.09. The number of aromatic nitrogens is 4. The molecule has 0 aliphatic carbocycles. The third-order valence-corrected chi connectivity index (χ3v) is 2.73. The zero-order chi connectivity index (χ0) is 11.8. The van der Waals surface area contributed by atoms with Gasteiger partial charge in [0, 0.05) is 32.1 Å². The molecule has 0 fully saturated rings. The molecule has 2 aromatic heterocycles. The van der Waals surface area contributed by atoms with Crippen LogP contribution in [0, 0.1) is 11.3 Å². The number of hydrogen-bond donors (Lipinski definition) is 0. The summed E-state index contributed by atoms with van der Waals surface area (Å²) in [6.45, 7) is 1.85. The zero-order valence-electron chi connectivity index (χ0n) is 9.55. The molecule has 0 amide bonds. The van der Waals surface area contributed by atoms with Crippen LogP contribution in [0.15, 0.2) is 24.7 Å². The van der Waals surface area contributed by atoms with Gasteiger partial charge in [-0.3, -0.25) is 9.36 Å². The monoisotopic (exact) mass is 215 g/mol. The molecule has 0 bridgehead atoms. The number of nitriles is 1. The van der Waals surface area contributed by atoms with Crippen molar-refractivity contribution in [2.24, 2.45) is 14.1 Å². The van der Waals surface area contributed by atoms with Crippen LogP contribution in [-0.2, 0) is 19.5 Å². The summed E-state index contributed by atoms with van der Waals surface area (Å²) in [7, 11) is 3.67. The summed E-state index contributed by atoms with van der Waals surface area (Å²) in [4.78, 5) is 0. The van der Waals surface area contributed by atoms with Gasteiger partial charge in [-0.1, -0.05) is 0 Å². The van der Waals surface area contributed by atoms with Crippen LogP contribution in [0.1, 0.15) is 18.2 Å². The van der Waals surface area contributed by atoms with E-state index in [2.05, 4.69) is 16.3 Å². The highest BCUT2D eigenvalue weighted by Crippen LogP contribution is 2.29. The van der Waals surface area contributed by atoms with Gasteiger partial charge in [0.05, 0.1) is 18.0 Å². The average molecular weight is 215 g/mol. The Kier molecular flexibility index (Phi) is 2.27. The SMILES string of the molecule is Cn1cc(C(C)(C#N)c2ccn(C)n2)cn1. The summed E-state index contributed by atoms with van der Waals surface area (Å²) in [5, 5.41) is 17.8. The minimum Gasteiger partial charge on any atom is -0.275 e. The molecule has 5 heteroatoms. The molecule has 0 aliphatic heterocycles. The fourth-order valence-corrected chi connectivity index (χ4v) is 1.63. The largest absolute Gasteiger partial charge is 0.275 e. The smallest absolute Gasteiger partial charge is 0.126 e. The molecule has 2 heterocycles. The third kappa shape index (κ3) is 1.48.